The Labute approximate surface area is 186 Å². The number of anilines is 1. The number of hydrogen-bond donors (Lipinski definition) is 5. The molecule has 2 aliphatic rings. The zero-order chi connectivity index (χ0) is 23.0. The number of thiazole rings is 1. The Balaban J connectivity index is 1.53. The van der Waals surface area contributed by atoms with Gasteiger partial charge in [0.2, 0.25) is 0 Å². The van der Waals surface area contributed by atoms with Gasteiger partial charge in [-0.1, -0.05) is 11.2 Å². The van der Waals surface area contributed by atoms with Gasteiger partial charge in [-0.2, -0.15) is 5.16 Å². The Morgan fingerprint density at radius 3 is 2.78 bits per heavy atom. The first kappa shape index (κ1) is 21.4. The number of carbonyl (C=O) groups excluding carboxylic acids is 2. The summed E-state index contributed by atoms with van der Waals surface area (Å²) < 4.78 is 4.89. The van der Waals surface area contributed by atoms with Gasteiger partial charge in [0, 0.05) is 11.1 Å². The summed E-state index contributed by atoms with van der Waals surface area (Å²) in [5, 5.41) is 27.3. The monoisotopic (exact) mass is 478 g/mol. The maximum Gasteiger partial charge on any atom is 0.352 e. The van der Waals surface area contributed by atoms with Crippen molar-refractivity contribution >= 4 is 57.8 Å². The highest BCUT2D eigenvalue weighted by Crippen LogP contribution is 2.40. The Bertz CT molecular complexity index is 1260. The number of β-lactam (4-membered cyclic amide) rings is 1. The number of allylic oxidation sites excluding steroid dienone is 1. The van der Waals surface area contributed by atoms with E-state index >= 15 is 0 Å². The molecule has 32 heavy (non-hydrogen) atoms. The number of amides is 2. The number of carboxylic acid groups (broad SMARTS) is 1. The van der Waals surface area contributed by atoms with E-state index in [0.29, 0.717) is 5.57 Å². The van der Waals surface area contributed by atoms with Crippen LogP contribution in [0.1, 0.15) is 11.5 Å². The van der Waals surface area contributed by atoms with E-state index < -0.39 is 40.5 Å². The second kappa shape index (κ2) is 8.35. The molecule has 0 bridgehead atoms. The number of carbonyl (C=O) groups is 3. The average molecular weight is 478 g/mol. The Morgan fingerprint density at radius 2 is 2.19 bits per heavy atom. The molecule has 0 saturated carbocycles. The van der Waals surface area contributed by atoms with Crippen LogP contribution in [0.4, 0.5) is 5.13 Å². The lowest BCUT2D eigenvalue weighted by atomic mass is 10.0. The maximum atomic E-state index is 12.7. The fourth-order valence-corrected chi connectivity index (χ4v) is 5.02. The van der Waals surface area contributed by atoms with Crippen molar-refractivity contribution < 1.29 is 29.2 Å². The SMILES string of the molecule is Nc1nc(/C(=N/O)C(=O)NC2C(=O)N3C(C(=O)O)=C(/C=C/c4cc(=O)[nH]o4)CSC23)cs1. The standard InChI is InChI=1S/C17H14N6O7S2/c18-17-19-8(5-32-17)10(21-29)13(25)20-11-14(26)23-12(16(27)28)6(4-31-15(11)23)1-2-7-3-9(24)22-30-7/h1-3,5,11,15,29H,4H2,(H2,18,19)(H,20,25)(H,22,24)(H,27,28)/b2-1+,21-10-. The van der Waals surface area contributed by atoms with E-state index in [1.165, 1.54) is 35.4 Å². The number of H-pyrrole nitrogens is 1. The fraction of sp³-hybridized carbons (Fsp3) is 0.176. The van der Waals surface area contributed by atoms with Crippen LogP contribution in [-0.4, -0.2) is 66.0 Å². The number of thioether (sulfide) groups is 1. The molecular weight excluding hydrogens is 464 g/mol. The van der Waals surface area contributed by atoms with Crippen LogP contribution in [-0.2, 0) is 14.4 Å². The lowest BCUT2D eigenvalue weighted by molar-refractivity contribution is -0.150. The molecule has 4 rings (SSSR count). The van der Waals surface area contributed by atoms with Gasteiger partial charge in [0.1, 0.15) is 22.8 Å². The van der Waals surface area contributed by atoms with Crippen molar-refractivity contribution in [3.63, 3.8) is 0 Å². The minimum Gasteiger partial charge on any atom is -0.477 e. The number of nitrogens with one attached hydrogen (secondary N) is 2. The van der Waals surface area contributed by atoms with Crippen molar-refractivity contribution in [2.24, 2.45) is 5.16 Å². The van der Waals surface area contributed by atoms with E-state index in [-0.39, 0.29) is 28.0 Å². The number of fused-ring (bicyclic) bond motifs is 1. The van der Waals surface area contributed by atoms with Gasteiger partial charge in [0.25, 0.3) is 17.4 Å². The van der Waals surface area contributed by atoms with Crippen LogP contribution in [0.3, 0.4) is 0 Å². The van der Waals surface area contributed by atoms with Crippen molar-refractivity contribution in [3.8, 4) is 0 Å². The normalized spacial score (nSPS) is 20.9. The number of nitrogen functional groups attached to an aromatic ring is 1. The molecule has 2 unspecified atom stereocenters. The maximum absolute atomic E-state index is 12.7. The van der Waals surface area contributed by atoms with E-state index in [9.17, 15) is 29.5 Å². The summed E-state index contributed by atoms with van der Waals surface area (Å²) in [4.78, 5) is 53.1. The molecule has 13 nitrogen and oxygen atoms in total. The molecule has 0 spiro atoms. The summed E-state index contributed by atoms with van der Waals surface area (Å²) >= 11 is 2.28. The predicted octanol–water partition coefficient (Wildman–Crippen LogP) is -0.363. The third-order valence-electron chi connectivity index (χ3n) is 4.56. The molecule has 15 heteroatoms. The highest BCUT2D eigenvalue weighted by Gasteiger charge is 2.54. The summed E-state index contributed by atoms with van der Waals surface area (Å²) in [6.07, 6.45) is 2.85. The van der Waals surface area contributed by atoms with Crippen LogP contribution in [0, 0.1) is 0 Å². The van der Waals surface area contributed by atoms with Gasteiger partial charge in [0.05, 0.1) is 6.07 Å². The second-order valence-electron chi connectivity index (χ2n) is 6.51. The number of aromatic nitrogens is 2. The topological polar surface area (TPSA) is 204 Å². The van der Waals surface area contributed by atoms with Crippen LogP contribution in [0.5, 0.6) is 0 Å². The Hall–Kier alpha value is -3.85. The number of nitrogens with zero attached hydrogens (tertiary/aromatic N) is 3. The van der Waals surface area contributed by atoms with E-state index in [1.807, 2.05) is 0 Å². The number of rotatable bonds is 6. The first-order valence-electron chi connectivity index (χ1n) is 8.82. The first-order chi connectivity index (χ1) is 15.3. The smallest absolute Gasteiger partial charge is 0.352 e. The molecule has 2 aliphatic heterocycles. The molecule has 2 atom stereocenters. The Kier molecular flexibility index (Phi) is 5.58. The average Bonchev–Trinajstić information content (AvgIpc) is 3.38. The molecule has 1 saturated heterocycles. The second-order valence-corrected chi connectivity index (χ2v) is 8.50. The van der Waals surface area contributed by atoms with Crippen molar-refractivity contribution in [3.05, 3.63) is 50.6 Å². The van der Waals surface area contributed by atoms with E-state index in [2.05, 4.69) is 20.6 Å². The van der Waals surface area contributed by atoms with E-state index in [1.54, 1.807) is 0 Å². The molecule has 6 N–H and O–H groups in total. The molecule has 2 aromatic heterocycles. The van der Waals surface area contributed by atoms with Crippen molar-refractivity contribution in [1.29, 1.82) is 0 Å². The molecule has 4 heterocycles. The minimum atomic E-state index is -1.32. The lowest BCUT2D eigenvalue weighted by Crippen LogP contribution is -2.71. The first-order valence-corrected chi connectivity index (χ1v) is 10.7. The van der Waals surface area contributed by atoms with Crippen LogP contribution < -0.4 is 16.6 Å². The van der Waals surface area contributed by atoms with E-state index in [0.717, 1.165) is 16.2 Å². The van der Waals surface area contributed by atoms with Gasteiger partial charge in [-0.25, -0.2) is 9.78 Å². The number of nitrogens with two attached hydrogens (primary N) is 1. The Morgan fingerprint density at radius 1 is 1.41 bits per heavy atom. The predicted molar refractivity (Wildman–Crippen MR) is 113 cm³/mol. The zero-order valence-corrected chi connectivity index (χ0v) is 17.5. The lowest BCUT2D eigenvalue weighted by Gasteiger charge is -2.49. The number of hydrogen-bond acceptors (Lipinski definition) is 11. The van der Waals surface area contributed by atoms with Crippen molar-refractivity contribution in [2.75, 3.05) is 11.5 Å². The van der Waals surface area contributed by atoms with Crippen LogP contribution >= 0.6 is 23.1 Å². The van der Waals surface area contributed by atoms with Crippen LogP contribution in [0.2, 0.25) is 0 Å². The third kappa shape index (κ3) is 3.78. The van der Waals surface area contributed by atoms with Gasteiger partial charge in [0.15, 0.2) is 16.6 Å². The summed E-state index contributed by atoms with van der Waals surface area (Å²) in [5.41, 5.74) is 4.80. The molecule has 2 amide bonds. The van der Waals surface area contributed by atoms with Gasteiger partial charge in [-0.15, -0.1) is 23.1 Å². The minimum absolute atomic E-state index is 0.0439. The fourth-order valence-electron chi connectivity index (χ4n) is 3.15. The third-order valence-corrected chi connectivity index (χ3v) is 6.53. The zero-order valence-electron chi connectivity index (χ0n) is 15.8. The molecule has 1 fully saturated rings. The molecule has 0 radical (unpaired) electrons. The summed E-state index contributed by atoms with van der Waals surface area (Å²) in [7, 11) is 0. The van der Waals surface area contributed by atoms with Gasteiger partial charge in [-0.05, 0) is 11.6 Å². The number of oxime groups is 1. The van der Waals surface area contributed by atoms with Gasteiger partial charge in [-0.3, -0.25) is 19.3 Å². The van der Waals surface area contributed by atoms with Crippen LogP contribution in [0.25, 0.3) is 6.08 Å². The van der Waals surface area contributed by atoms with E-state index in [4.69, 9.17) is 10.3 Å². The molecule has 0 aromatic carbocycles. The van der Waals surface area contributed by atoms with Crippen LogP contribution in [0.15, 0.2) is 43.3 Å². The molecular formula is C17H14N6O7S2. The highest BCUT2D eigenvalue weighted by molar-refractivity contribution is 8.00. The van der Waals surface area contributed by atoms with Gasteiger partial charge < -0.3 is 25.9 Å². The quantitative estimate of drug-likeness (QED) is 0.158. The van der Waals surface area contributed by atoms with Gasteiger partial charge >= 0.3 is 5.97 Å². The molecule has 166 valence electrons. The molecule has 0 aliphatic carbocycles. The summed E-state index contributed by atoms with van der Waals surface area (Å²) in [6, 6.07) is 0.162. The largest absolute Gasteiger partial charge is 0.477 e. The number of aliphatic carboxylic acids is 1. The number of carboxylic acids is 1. The van der Waals surface area contributed by atoms with Crippen molar-refractivity contribution in [2.45, 2.75) is 11.4 Å². The highest BCUT2D eigenvalue weighted by atomic mass is 32.2. The number of aromatic amines is 1. The van der Waals surface area contributed by atoms with Crippen molar-refractivity contribution in [1.82, 2.24) is 20.4 Å². The summed E-state index contributed by atoms with van der Waals surface area (Å²) in [5.74, 6) is -2.40. The summed E-state index contributed by atoms with van der Waals surface area (Å²) in [6.45, 7) is 0. The molecule has 2 aromatic rings.